The summed E-state index contributed by atoms with van der Waals surface area (Å²) in [4.78, 5) is 36.2. The maximum absolute atomic E-state index is 12.4. The van der Waals surface area contributed by atoms with Gasteiger partial charge in [-0.15, -0.1) is 0 Å². The molecular formula is C20H18O7. The normalized spacial score (nSPS) is 24.2. The summed E-state index contributed by atoms with van der Waals surface area (Å²) < 4.78 is 16.2. The minimum absolute atomic E-state index is 0.259. The first kappa shape index (κ1) is 18.6. The second kappa shape index (κ2) is 8.01. The fourth-order valence-corrected chi connectivity index (χ4v) is 2.85. The van der Waals surface area contributed by atoms with Crippen molar-refractivity contribution >= 4 is 17.9 Å². The molecule has 3 rings (SSSR count). The first-order chi connectivity index (χ1) is 13.0. The highest BCUT2D eigenvalue weighted by atomic mass is 16.6. The Morgan fingerprint density at radius 2 is 1.26 bits per heavy atom. The SMILES string of the molecule is CC1O[C@H](C(=O)O)[C@@H](OC(=O)c2ccccc2)[C@H]1OC(=O)c1ccccc1. The van der Waals surface area contributed by atoms with Crippen LogP contribution in [0.4, 0.5) is 0 Å². The molecule has 1 aliphatic rings. The topological polar surface area (TPSA) is 99.1 Å². The van der Waals surface area contributed by atoms with Crippen LogP contribution in [0.1, 0.15) is 27.6 Å². The molecule has 7 heteroatoms. The number of carboxylic acid groups (broad SMARTS) is 1. The minimum atomic E-state index is -1.43. The van der Waals surface area contributed by atoms with Gasteiger partial charge < -0.3 is 19.3 Å². The van der Waals surface area contributed by atoms with Gasteiger partial charge in [-0.1, -0.05) is 36.4 Å². The molecule has 0 amide bonds. The number of hydrogen-bond acceptors (Lipinski definition) is 6. The van der Waals surface area contributed by atoms with E-state index in [0.29, 0.717) is 5.56 Å². The molecule has 1 aliphatic heterocycles. The number of ether oxygens (including phenoxy) is 3. The maximum atomic E-state index is 12.4. The van der Waals surface area contributed by atoms with Gasteiger partial charge in [-0.05, 0) is 31.2 Å². The van der Waals surface area contributed by atoms with Gasteiger partial charge >= 0.3 is 17.9 Å². The standard InChI is InChI=1S/C20H18O7/c1-12-15(26-19(23)13-8-4-2-5-9-13)16(17(25-12)18(21)22)27-20(24)14-10-6-3-7-11-14/h2-12,15-17H,1H3,(H,21,22)/t12?,15-,16-,17-/m0/s1. The molecule has 1 N–H and O–H groups in total. The average Bonchev–Trinajstić information content (AvgIpc) is 2.99. The van der Waals surface area contributed by atoms with Crippen molar-refractivity contribution in [3.8, 4) is 0 Å². The Labute approximate surface area is 155 Å². The molecular weight excluding hydrogens is 352 g/mol. The van der Waals surface area contributed by atoms with Gasteiger partial charge in [0.15, 0.2) is 18.3 Å². The van der Waals surface area contributed by atoms with Crippen molar-refractivity contribution in [2.24, 2.45) is 0 Å². The lowest BCUT2D eigenvalue weighted by molar-refractivity contribution is -0.153. The molecule has 7 nitrogen and oxygen atoms in total. The molecule has 0 aromatic heterocycles. The van der Waals surface area contributed by atoms with Crippen LogP contribution in [0.5, 0.6) is 0 Å². The van der Waals surface area contributed by atoms with Crippen LogP contribution in [0.15, 0.2) is 60.7 Å². The van der Waals surface area contributed by atoms with E-state index in [2.05, 4.69) is 0 Å². The lowest BCUT2D eigenvalue weighted by Crippen LogP contribution is -2.42. The van der Waals surface area contributed by atoms with Crippen LogP contribution in [-0.4, -0.2) is 47.4 Å². The molecule has 27 heavy (non-hydrogen) atoms. The molecule has 0 bridgehead atoms. The van der Waals surface area contributed by atoms with E-state index in [0.717, 1.165) is 0 Å². The zero-order valence-electron chi connectivity index (χ0n) is 14.5. The summed E-state index contributed by atoms with van der Waals surface area (Å²) in [6.45, 7) is 1.56. The molecule has 0 saturated carbocycles. The Morgan fingerprint density at radius 1 is 0.815 bits per heavy atom. The average molecular weight is 370 g/mol. The van der Waals surface area contributed by atoms with E-state index in [1.165, 1.54) is 0 Å². The Kier molecular flexibility index (Phi) is 5.52. The number of esters is 2. The third-order valence-electron chi connectivity index (χ3n) is 4.19. The van der Waals surface area contributed by atoms with E-state index in [-0.39, 0.29) is 5.56 Å². The van der Waals surface area contributed by atoms with Crippen LogP contribution in [0.3, 0.4) is 0 Å². The van der Waals surface area contributed by atoms with Crippen LogP contribution < -0.4 is 0 Å². The molecule has 1 unspecified atom stereocenters. The number of aliphatic carboxylic acids is 1. The molecule has 0 spiro atoms. The summed E-state index contributed by atoms with van der Waals surface area (Å²) in [6, 6.07) is 16.4. The predicted molar refractivity (Wildman–Crippen MR) is 93.3 cm³/mol. The maximum Gasteiger partial charge on any atom is 0.338 e. The first-order valence-electron chi connectivity index (χ1n) is 8.37. The van der Waals surface area contributed by atoms with Gasteiger partial charge in [0.25, 0.3) is 0 Å². The number of carbonyl (C=O) groups excluding carboxylic acids is 2. The molecule has 2 aromatic carbocycles. The van der Waals surface area contributed by atoms with Crippen molar-refractivity contribution in [1.82, 2.24) is 0 Å². The van der Waals surface area contributed by atoms with Crippen molar-refractivity contribution in [1.29, 1.82) is 0 Å². The molecule has 0 aliphatic carbocycles. The van der Waals surface area contributed by atoms with Gasteiger partial charge in [-0.3, -0.25) is 0 Å². The first-order valence-corrected chi connectivity index (χ1v) is 8.37. The van der Waals surface area contributed by atoms with E-state index < -0.39 is 42.3 Å². The monoisotopic (exact) mass is 370 g/mol. The van der Waals surface area contributed by atoms with Crippen molar-refractivity contribution in [3.05, 3.63) is 71.8 Å². The zero-order chi connectivity index (χ0) is 19.4. The van der Waals surface area contributed by atoms with Gasteiger partial charge in [0.1, 0.15) is 0 Å². The number of hydrogen-bond donors (Lipinski definition) is 1. The molecule has 1 heterocycles. The number of carboxylic acids is 1. The highest BCUT2D eigenvalue weighted by Gasteiger charge is 2.51. The van der Waals surface area contributed by atoms with E-state index in [4.69, 9.17) is 14.2 Å². The lowest BCUT2D eigenvalue weighted by Gasteiger charge is -2.22. The summed E-state index contributed by atoms with van der Waals surface area (Å²) in [5.74, 6) is -2.67. The Balaban J connectivity index is 1.80. The van der Waals surface area contributed by atoms with E-state index >= 15 is 0 Å². The molecule has 140 valence electrons. The van der Waals surface area contributed by atoms with Gasteiger partial charge in [0.05, 0.1) is 17.2 Å². The summed E-state index contributed by atoms with van der Waals surface area (Å²) in [5, 5.41) is 9.40. The second-order valence-corrected chi connectivity index (χ2v) is 6.07. The van der Waals surface area contributed by atoms with Crippen LogP contribution in [0, 0.1) is 0 Å². The van der Waals surface area contributed by atoms with Crippen molar-refractivity contribution in [3.63, 3.8) is 0 Å². The van der Waals surface area contributed by atoms with Crippen molar-refractivity contribution in [2.75, 3.05) is 0 Å². The lowest BCUT2D eigenvalue weighted by atomic mass is 10.1. The largest absolute Gasteiger partial charge is 0.479 e. The summed E-state index contributed by atoms with van der Waals surface area (Å²) >= 11 is 0. The molecule has 2 aromatic rings. The smallest absolute Gasteiger partial charge is 0.338 e. The molecule has 1 saturated heterocycles. The fraction of sp³-hybridized carbons (Fsp3) is 0.250. The molecule has 1 fully saturated rings. The summed E-state index contributed by atoms with van der Waals surface area (Å²) in [7, 11) is 0. The zero-order valence-corrected chi connectivity index (χ0v) is 14.5. The number of rotatable bonds is 5. The number of benzene rings is 2. The third-order valence-corrected chi connectivity index (χ3v) is 4.19. The Hall–Kier alpha value is -3.19. The van der Waals surface area contributed by atoms with Gasteiger partial charge in [-0.2, -0.15) is 0 Å². The Morgan fingerprint density at radius 3 is 1.70 bits per heavy atom. The second-order valence-electron chi connectivity index (χ2n) is 6.07. The molecule has 0 radical (unpaired) electrons. The van der Waals surface area contributed by atoms with Crippen LogP contribution in [-0.2, 0) is 19.0 Å². The van der Waals surface area contributed by atoms with E-state index in [1.807, 2.05) is 0 Å². The third kappa shape index (κ3) is 4.15. The summed E-state index contributed by atoms with van der Waals surface area (Å²) in [6.07, 6.45) is -4.50. The fourth-order valence-electron chi connectivity index (χ4n) is 2.85. The van der Waals surface area contributed by atoms with Crippen LogP contribution in [0.2, 0.25) is 0 Å². The minimum Gasteiger partial charge on any atom is -0.479 e. The number of carbonyl (C=O) groups is 3. The highest BCUT2D eigenvalue weighted by Crippen LogP contribution is 2.28. The highest BCUT2D eigenvalue weighted by molar-refractivity contribution is 5.91. The van der Waals surface area contributed by atoms with Gasteiger partial charge in [0.2, 0.25) is 0 Å². The Bertz CT molecular complexity index is 819. The molecule has 4 atom stereocenters. The summed E-state index contributed by atoms with van der Waals surface area (Å²) in [5.41, 5.74) is 0.561. The van der Waals surface area contributed by atoms with E-state index in [9.17, 15) is 19.5 Å². The van der Waals surface area contributed by atoms with Crippen molar-refractivity contribution in [2.45, 2.75) is 31.3 Å². The van der Waals surface area contributed by atoms with E-state index in [1.54, 1.807) is 67.6 Å². The predicted octanol–water partition coefficient (Wildman–Crippen LogP) is 2.31. The van der Waals surface area contributed by atoms with Crippen LogP contribution in [0.25, 0.3) is 0 Å². The quantitative estimate of drug-likeness (QED) is 0.806. The van der Waals surface area contributed by atoms with Gasteiger partial charge in [-0.25, -0.2) is 14.4 Å². The van der Waals surface area contributed by atoms with Crippen molar-refractivity contribution < 1.29 is 33.7 Å². The van der Waals surface area contributed by atoms with Gasteiger partial charge in [0, 0.05) is 0 Å². The van der Waals surface area contributed by atoms with Crippen LogP contribution >= 0.6 is 0 Å².